The molecule has 212 valence electrons. The first-order valence-electron chi connectivity index (χ1n) is 11.4. The van der Waals surface area contributed by atoms with E-state index in [0.29, 0.717) is 12.0 Å². The van der Waals surface area contributed by atoms with Gasteiger partial charge in [-0.15, -0.1) is 0 Å². The molecule has 0 fully saturated rings. The summed E-state index contributed by atoms with van der Waals surface area (Å²) < 4.78 is 152. The molecular weight excluding hydrogens is 550 g/mol. The van der Waals surface area contributed by atoms with Gasteiger partial charge in [0, 0.05) is 24.3 Å². The van der Waals surface area contributed by atoms with Crippen LogP contribution in [0.4, 0.5) is 43.9 Å². The molecule has 0 spiro atoms. The van der Waals surface area contributed by atoms with Crippen molar-refractivity contribution < 1.29 is 58.1 Å². The fourth-order valence-electron chi connectivity index (χ4n) is 3.44. The highest BCUT2D eigenvalue weighted by Crippen LogP contribution is 2.38. The van der Waals surface area contributed by atoms with Crippen molar-refractivity contribution >= 4 is 0 Å². The summed E-state index contributed by atoms with van der Waals surface area (Å²) in [6.07, 6.45) is -5.98. The van der Waals surface area contributed by atoms with Crippen molar-refractivity contribution in [2.24, 2.45) is 0 Å². The van der Waals surface area contributed by atoms with E-state index in [1.165, 1.54) is 6.07 Å². The first-order valence-corrected chi connectivity index (χ1v) is 11.4. The standard InChI is InChI=1S/C26H20F10O3/c1-2-3-4-5-14-6-7-22(17(27)8-14)37-13-25(33,34)38-15-9-18(28)23(19(29)10-15)26(35,36)39-16-11-20(30)24(32)21(31)12-16/h6-12H,2-5,13H2,1H3. The summed E-state index contributed by atoms with van der Waals surface area (Å²) in [5, 5.41) is 0. The SMILES string of the molecule is CCCCCc1ccc(OCC(F)(F)Oc2cc(F)c(C(F)(F)Oc3cc(F)c(F)c(F)c3)c(F)c2)c(F)c1. The second-order valence-corrected chi connectivity index (χ2v) is 8.33. The third kappa shape index (κ3) is 7.70. The number of alkyl halides is 4. The van der Waals surface area contributed by atoms with Crippen LogP contribution in [0.25, 0.3) is 0 Å². The van der Waals surface area contributed by atoms with Crippen LogP contribution in [0.3, 0.4) is 0 Å². The molecule has 0 heterocycles. The Hall–Kier alpha value is -3.64. The van der Waals surface area contributed by atoms with E-state index >= 15 is 0 Å². The van der Waals surface area contributed by atoms with Crippen molar-refractivity contribution in [3.05, 3.63) is 88.5 Å². The number of rotatable bonds is 12. The number of hydrogen-bond acceptors (Lipinski definition) is 3. The first kappa shape index (κ1) is 29.9. The van der Waals surface area contributed by atoms with Crippen LogP contribution in [0.5, 0.6) is 17.2 Å². The fraction of sp³-hybridized carbons (Fsp3) is 0.308. The van der Waals surface area contributed by atoms with E-state index in [1.807, 2.05) is 6.92 Å². The summed E-state index contributed by atoms with van der Waals surface area (Å²) in [7, 11) is 0. The highest BCUT2D eigenvalue weighted by atomic mass is 19.3. The second kappa shape index (κ2) is 12.0. The predicted octanol–water partition coefficient (Wildman–Crippen LogP) is 8.43. The van der Waals surface area contributed by atoms with Crippen molar-refractivity contribution in [1.29, 1.82) is 0 Å². The lowest BCUT2D eigenvalue weighted by Gasteiger charge is -2.22. The van der Waals surface area contributed by atoms with E-state index in [1.54, 1.807) is 0 Å². The lowest BCUT2D eigenvalue weighted by Crippen LogP contribution is -2.33. The van der Waals surface area contributed by atoms with Gasteiger partial charge in [0.1, 0.15) is 28.7 Å². The largest absolute Gasteiger partial charge is 0.480 e. The molecule has 0 amide bonds. The molecule has 0 aromatic heterocycles. The quantitative estimate of drug-likeness (QED) is 0.124. The summed E-state index contributed by atoms with van der Waals surface area (Å²) in [4.78, 5) is 0. The van der Waals surface area contributed by atoms with Crippen LogP contribution >= 0.6 is 0 Å². The maximum atomic E-state index is 14.4. The first-order chi connectivity index (χ1) is 18.2. The number of aryl methyl sites for hydroxylation is 1. The minimum atomic E-state index is -4.92. The van der Waals surface area contributed by atoms with Crippen molar-refractivity contribution in [3.8, 4) is 17.2 Å². The van der Waals surface area contributed by atoms with Crippen LogP contribution < -0.4 is 14.2 Å². The van der Waals surface area contributed by atoms with E-state index in [2.05, 4.69) is 9.47 Å². The average molecular weight is 570 g/mol. The van der Waals surface area contributed by atoms with Gasteiger partial charge in [0.25, 0.3) is 0 Å². The topological polar surface area (TPSA) is 27.7 Å². The molecule has 0 radical (unpaired) electrons. The van der Waals surface area contributed by atoms with Crippen molar-refractivity contribution in [1.82, 2.24) is 0 Å². The smallest absolute Gasteiger partial charge is 0.433 e. The van der Waals surface area contributed by atoms with Crippen LogP contribution in [0, 0.1) is 34.9 Å². The number of benzene rings is 3. The minimum Gasteiger partial charge on any atom is -0.480 e. The Bertz CT molecular complexity index is 1270. The molecule has 3 rings (SSSR count). The van der Waals surface area contributed by atoms with Gasteiger partial charge in [-0.3, -0.25) is 0 Å². The number of hydrogen-bond donors (Lipinski definition) is 0. The van der Waals surface area contributed by atoms with E-state index in [4.69, 9.17) is 4.74 Å². The van der Waals surface area contributed by atoms with Crippen LogP contribution in [0.1, 0.15) is 37.3 Å². The molecule has 0 atom stereocenters. The van der Waals surface area contributed by atoms with Crippen molar-refractivity contribution in [2.45, 2.75) is 44.8 Å². The third-order valence-corrected chi connectivity index (χ3v) is 5.24. The van der Waals surface area contributed by atoms with Gasteiger partial charge in [-0.1, -0.05) is 25.8 Å². The summed E-state index contributed by atoms with van der Waals surface area (Å²) in [5.41, 5.74) is -1.49. The number of halogens is 10. The molecule has 0 aliphatic carbocycles. The summed E-state index contributed by atoms with van der Waals surface area (Å²) in [6, 6.07) is 3.67. The van der Waals surface area contributed by atoms with E-state index < -0.39 is 76.5 Å². The van der Waals surface area contributed by atoms with Gasteiger partial charge in [0.05, 0.1) is 0 Å². The number of ether oxygens (including phenoxy) is 3. The molecule has 39 heavy (non-hydrogen) atoms. The van der Waals surface area contributed by atoms with Gasteiger partial charge >= 0.3 is 12.2 Å². The van der Waals surface area contributed by atoms with Crippen molar-refractivity contribution in [2.75, 3.05) is 6.61 Å². The van der Waals surface area contributed by atoms with Crippen molar-refractivity contribution in [3.63, 3.8) is 0 Å². The van der Waals surface area contributed by atoms with Gasteiger partial charge in [0.2, 0.25) is 0 Å². The summed E-state index contributed by atoms with van der Waals surface area (Å²) >= 11 is 0. The molecule has 0 aliphatic rings. The molecule has 0 saturated carbocycles. The maximum absolute atomic E-state index is 14.4. The molecule has 3 nitrogen and oxygen atoms in total. The molecule has 13 heteroatoms. The lowest BCUT2D eigenvalue weighted by molar-refractivity contribution is -0.196. The Morgan fingerprint density at radius 1 is 0.667 bits per heavy atom. The number of unbranched alkanes of at least 4 members (excludes halogenated alkanes) is 2. The zero-order valence-electron chi connectivity index (χ0n) is 20.1. The highest BCUT2D eigenvalue weighted by Gasteiger charge is 2.42. The Labute approximate surface area is 215 Å². The van der Waals surface area contributed by atoms with E-state index in [-0.39, 0.29) is 24.3 Å². The third-order valence-electron chi connectivity index (χ3n) is 5.24. The van der Waals surface area contributed by atoms with Crippen LogP contribution in [-0.4, -0.2) is 12.7 Å². The van der Waals surface area contributed by atoms with Crippen LogP contribution in [-0.2, 0) is 12.5 Å². The molecule has 0 bridgehead atoms. The van der Waals surface area contributed by atoms with Crippen LogP contribution in [0.15, 0.2) is 42.5 Å². The molecule has 0 unspecified atom stereocenters. The Balaban J connectivity index is 1.70. The summed E-state index contributed by atoms with van der Waals surface area (Å²) in [6.45, 7) is 0.383. The fourth-order valence-corrected chi connectivity index (χ4v) is 3.44. The highest BCUT2D eigenvalue weighted by molar-refractivity contribution is 5.34. The Morgan fingerprint density at radius 2 is 1.23 bits per heavy atom. The molecule has 0 N–H and O–H groups in total. The molecule has 0 saturated heterocycles. The maximum Gasteiger partial charge on any atom is 0.433 e. The van der Waals surface area contributed by atoms with Gasteiger partial charge in [-0.05, 0) is 30.5 Å². The second-order valence-electron chi connectivity index (χ2n) is 8.33. The van der Waals surface area contributed by atoms with Gasteiger partial charge < -0.3 is 14.2 Å². The molecular formula is C26H20F10O3. The zero-order chi connectivity index (χ0) is 29.0. The van der Waals surface area contributed by atoms with E-state index in [0.717, 1.165) is 31.4 Å². The Morgan fingerprint density at radius 3 is 1.79 bits per heavy atom. The monoisotopic (exact) mass is 570 g/mol. The van der Waals surface area contributed by atoms with Gasteiger partial charge in [0.15, 0.2) is 35.6 Å². The molecule has 0 aliphatic heterocycles. The van der Waals surface area contributed by atoms with Crippen LogP contribution in [0.2, 0.25) is 0 Å². The average Bonchev–Trinajstić information content (AvgIpc) is 2.81. The lowest BCUT2D eigenvalue weighted by atomic mass is 10.1. The zero-order valence-corrected chi connectivity index (χ0v) is 20.1. The molecule has 3 aromatic carbocycles. The van der Waals surface area contributed by atoms with Gasteiger partial charge in [-0.25, -0.2) is 26.3 Å². The molecule has 3 aromatic rings. The van der Waals surface area contributed by atoms with Gasteiger partial charge in [-0.2, -0.15) is 17.6 Å². The normalized spacial score (nSPS) is 12.0. The van der Waals surface area contributed by atoms with E-state index in [9.17, 15) is 43.9 Å². The Kier molecular flexibility index (Phi) is 9.23. The predicted molar refractivity (Wildman–Crippen MR) is 118 cm³/mol. The minimum absolute atomic E-state index is 0.00298. The summed E-state index contributed by atoms with van der Waals surface area (Å²) in [5.74, 6) is -14.1.